The Labute approximate surface area is 113 Å². The Hall–Kier alpha value is -1.37. The van der Waals surface area contributed by atoms with E-state index in [1.807, 2.05) is 0 Å². The highest BCUT2D eigenvalue weighted by Crippen LogP contribution is 2.26. The van der Waals surface area contributed by atoms with E-state index in [4.69, 9.17) is 32.5 Å². The van der Waals surface area contributed by atoms with Crippen LogP contribution in [-0.4, -0.2) is 35.4 Å². The number of nitrogens with one attached hydrogen (secondary N) is 1. The van der Waals surface area contributed by atoms with E-state index in [1.165, 1.54) is 6.20 Å². The number of ether oxygens (including phenoxy) is 1. The van der Waals surface area contributed by atoms with Gasteiger partial charge in [0.05, 0.1) is 16.7 Å². The Balaban J connectivity index is 2.13. The quantitative estimate of drug-likeness (QED) is 0.852. The van der Waals surface area contributed by atoms with E-state index in [-0.39, 0.29) is 6.01 Å². The minimum Gasteiger partial charge on any atom is -0.383 e. The third kappa shape index (κ3) is 3.10. The van der Waals surface area contributed by atoms with Crippen molar-refractivity contribution in [1.82, 2.24) is 15.1 Å². The number of pyridine rings is 1. The first-order valence-electron chi connectivity index (χ1n) is 5.08. The number of hydrogen-bond donors (Lipinski definition) is 1. The standard InChI is InChI=1S/C10H10Cl2N4O2/c1-17-3-2-13-10-15-9(16-18-10)8-7(12)4-6(11)5-14-8/h4-5H,2-3H2,1H3,(H,13,15,16). The zero-order valence-electron chi connectivity index (χ0n) is 9.48. The van der Waals surface area contributed by atoms with Crippen LogP contribution in [-0.2, 0) is 4.74 Å². The largest absolute Gasteiger partial charge is 0.383 e. The monoisotopic (exact) mass is 288 g/mol. The van der Waals surface area contributed by atoms with Crippen LogP contribution in [0.1, 0.15) is 0 Å². The summed E-state index contributed by atoms with van der Waals surface area (Å²) in [6.45, 7) is 1.11. The number of rotatable bonds is 5. The molecule has 0 bridgehead atoms. The van der Waals surface area contributed by atoms with Crippen molar-refractivity contribution in [3.8, 4) is 11.5 Å². The van der Waals surface area contributed by atoms with E-state index in [9.17, 15) is 0 Å². The molecule has 18 heavy (non-hydrogen) atoms. The second-order valence-electron chi connectivity index (χ2n) is 3.33. The van der Waals surface area contributed by atoms with Crippen molar-refractivity contribution in [3.63, 3.8) is 0 Å². The van der Waals surface area contributed by atoms with Gasteiger partial charge in [-0.2, -0.15) is 4.98 Å². The lowest BCUT2D eigenvalue weighted by atomic mass is 10.3. The average Bonchev–Trinajstić information content (AvgIpc) is 2.78. The van der Waals surface area contributed by atoms with Crippen molar-refractivity contribution in [2.75, 3.05) is 25.6 Å². The average molecular weight is 289 g/mol. The van der Waals surface area contributed by atoms with E-state index >= 15 is 0 Å². The lowest BCUT2D eigenvalue weighted by Gasteiger charge is -1.98. The lowest BCUT2D eigenvalue weighted by molar-refractivity contribution is 0.210. The van der Waals surface area contributed by atoms with Gasteiger partial charge in [-0.1, -0.05) is 28.4 Å². The van der Waals surface area contributed by atoms with Gasteiger partial charge in [-0.25, -0.2) is 4.98 Å². The summed E-state index contributed by atoms with van der Waals surface area (Å²) in [5.41, 5.74) is 0.421. The third-order valence-electron chi connectivity index (χ3n) is 2.03. The highest BCUT2D eigenvalue weighted by atomic mass is 35.5. The van der Waals surface area contributed by atoms with E-state index in [1.54, 1.807) is 13.2 Å². The maximum Gasteiger partial charge on any atom is 0.321 e. The molecule has 0 saturated heterocycles. The highest BCUT2D eigenvalue weighted by Gasteiger charge is 2.13. The van der Waals surface area contributed by atoms with Crippen molar-refractivity contribution in [1.29, 1.82) is 0 Å². The molecule has 0 spiro atoms. The molecule has 2 heterocycles. The second kappa shape index (κ2) is 5.99. The van der Waals surface area contributed by atoms with Crippen LogP contribution in [0.4, 0.5) is 6.01 Å². The van der Waals surface area contributed by atoms with Gasteiger partial charge in [0.15, 0.2) is 0 Å². The number of hydrogen-bond acceptors (Lipinski definition) is 6. The minimum absolute atomic E-state index is 0.287. The van der Waals surface area contributed by atoms with Gasteiger partial charge in [0.25, 0.3) is 0 Å². The molecule has 2 rings (SSSR count). The molecule has 0 aliphatic rings. The van der Waals surface area contributed by atoms with Crippen molar-refractivity contribution in [2.24, 2.45) is 0 Å². The van der Waals surface area contributed by atoms with Crippen LogP contribution in [0.25, 0.3) is 11.5 Å². The number of aromatic nitrogens is 3. The minimum atomic E-state index is 0.287. The molecule has 6 nitrogen and oxygen atoms in total. The molecule has 0 aliphatic carbocycles. The van der Waals surface area contributed by atoms with Gasteiger partial charge >= 0.3 is 6.01 Å². The van der Waals surface area contributed by atoms with Crippen LogP contribution in [0.2, 0.25) is 10.0 Å². The predicted octanol–water partition coefficient (Wildman–Crippen LogP) is 2.50. The Bertz CT molecular complexity index is 532. The van der Waals surface area contributed by atoms with Crippen LogP contribution in [0, 0.1) is 0 Å². The first kappa shape index (κ1) is 13.1. The summed E-state index contributed by atoms with van der Waals surface area (Å²) in [4.78, 5) is 8.16. The molecule has 0 atom stereocenters. The smallest absolute Gasteiger partial charge is 0.321 e. The van der Waals surface area contributed by atoms with Gasteiger partial charge in [-0.15, -0.1) is 0 Å². The predicted molar refractivity (Wildman–Crippen MR) is 67.9 cm³/mol. The third-order valence-corrected chi connectivity index (χ3v) is 2.52. The summed E-state index contributed by atoms with van der Waals surface area (Å²) in [6, 6.07) is 1.86. The van der Waals surface area contributed by atoms with Gasteiger partial charge in [0, 0.05) is 19.9 Å². The highest BCUT2D eigenvalue weighted by molar-refractivity contribution is 6.35. The van der Waals surface area contributed by atoms with Gasteiger partial charge in [0.1, 0.15) is 5.69 Å². The zero-order valence-corrected chi connectivity index (χ0v) is 11.0. The lowest BCUT2D eigenvalue weighted by Crippen LogP contribution is -2.07. The fourth-order valence-corrected chi connectivity index (χ4v) is 1.70. The number of nitrogens with zero attached hydrogens (tertiary/aromatic N) is 3. The van der Waals surface area contributed by atoms with Gasteiger partial charge < -0.3 is 14.6 Å². The Morgan fingerprint density at radius 1 is 1.44 bits per heavy atom. The molecular formula is C10H10Cl2N4O2. The maximum absolute atomic E-state index is 5.99. The number of anilines is 1. The van der Waals surface area contributed by atoms with Gasteiger partial charge in [-0.05, 0) is 6.07 Å². The molecule has 8 heteroatoms. The summed E-state index contributed by atoms with van der Waals surface area (Å²) in [5, 5.41) is 7.50. The summed E-state index contributed by atoms with van der Waals surface area (Å²) in [7, 11) is 1.61. The van der Waals surface area contributed by atoms with Crippen LogP contribution in [0.15, 0.2) is 16.8 Å². The van der Waals surface area contributed by atoms with E-state index in [2.05, 4.69) is 20.4 Å². The van der Waals surface area contributed by atoms with Crippen LogP contribution in [0.3, 0.4) is 0 Å². The topological polar surface area (TPSA) is 73.1 Å². The maximum atomic E-state index is 5.99. The molecule has 1 N–H and O–H groups in total. The molecule has 0 amide bonds. The summed E-state index contributed by atoms with van der Waals surface area (Å²) >= 11 is 11.7. The molecule has 0 radical (unpaired) electrons. The molecule has 0 saturated carbocycles. The van der Waals surface area contributed by atoms with Crippen LogP contribution < -0.4 is 5.32 Å². The van der Waals surface area contributed by atoms with Crippen LogP contribution >= 0.6 is 23.2 Å². The fraction of sp³-hybridized carbons (Fsp3) is 0.300. The van der Waals surface area contributed by atoms with E-state index in [0.717, 1.165) is 0 Å². The van der Waals surface area contributed by atoms with Gasteiger partial charge in [-0.3, -0.25) is 0 Å². The summed E-state index contributed by atoms with van der Waals surface area (Å²) in [5.74, 6) is 0.302. The Morgan fingerprint density at radius 3 is 3.00 bits per heavy atom. The first-order chi connectivity index (χ1) is 8.70. The van der Waals surface area contributed by atoms with E-state index < -0.39 is 0 Å². The molecule has 2 aromatic heterocycles. The molecule has 0 aromatic carbocycles. The second-order valence-corrected chi connectivity index (χ2v) is 4.17. The molecule has 2 aromatic rings. The van der Waals surface area contributed by atoms with Crippen molar-refractivity contribution in [2.45, 2.75) is 0 Å². The van der Waals surface area contributed by atoms with Crippen molar-refractivity contribution < 1.29 is 9.26 Å². The first-order valence-corrected chi connectivity index (χ1v) is 5.84. The molecule has 0 unspecified atom stereocenters. The molecular weight excluding hydrogens is 279 g/mol. The Kier molecular flexibility index (Phi) is 4.35. The van der Waals surface area contributed by atoms with Crippen LogP contribution in [0.5, 0.6) is 0 Å². The SMILES string of the molecule is COCCNc1nc(-c2ncc(Cl)cc2Cl)no1. The fourth-order valence-electron chi connectivity index (χ4n) is 1.23. The van der Waals surface area contributed by atoms with E-state index in [0.29, 0.717) is 34.7 Å². The zero-order chi connectivity index (χ0) is 13.0. The summed E-state index contributed by atoms with van der Waals surface area (Å²) < 4.78 is 9.88. The molecule has 0 aliphatic heterocycles. The number of methoxy groups -OCH3 is 1. The number of halogens is 2. The molecule has 0 fully saturated rings. The summed E-state index contributed by atoms with van der Waals surface area (Å²) in [6.07, 6.45) is 1.47. The van der Waals surface area contributed by atoms with Gasteiger partial charge in [0.2, 0.25) is 5.82 Å². The van der Waals surface area contributed by atoms with Crippen molar-refractivity contribution in [3.05, 3.63) is 22.3 Å². The molecule has 96 valence electrons. The Morgan fingerprint density at radius 2 is 2.28 bits per heavy atom. The van der Waals surface area contributed by atoms with Crippen molar-refractivity contribution >= 4 is 29.2 Å². The normalized spacial score (nSPS) is 10.6.